The van der Waals surface area contributed by atoms with Gasteiger partial charge in [0.2, 0.25) is 0 Å². The number of carbonyl (C=O) groups is 2. The Kier molecular flexibility index (Phi) is 2.25. The molecule has 0 radical (unpaired) electrons. The molecule has 0 aliphatic carbocycles. The predicted octanol–water partition coefficient (Wildman–Crippen LogP) is 1.61. The second kappa shape index (κ2) is 3.57. The molecule has 15 heavy (non-hydrogen) atoms. The SMILES string of the molecule is O=Cc1cccc2[nH]cc(CC(=O)O)c12. The zero-order valence-corrected chi connectivity index (χ0v) is 7.86. The van der Waals surface area contributed by atoms with Crippen molar-refractivity contribution in [2.75, 3.05) is 0 Å². The molecular weight excluding hydrogens is 194 g/mol. The third-order valence-corrected chi connectivity index (χ3v) is 2.29. The van der Waals surface area contributed by atoms with Crippen molar-refractivity contribution in [3.05, 3.63) is 35.5 Å². The van der Waals surface area contributed by atoms with Gasteiger partial charge in [0.25, 0.3) is 0 Å². The van der Waals surface area contributed by atoms with Crippen LogP contribution in [0.2, 0.25) is 0 Å². The van der Waals surface area contributed by atoms with Crippen molar-refractivity contribution in [1.29, 1.82) is 0 Å². The highest BCUT2D eigenvalue weighted by Gasteiger charge is 2.10. The Labute approximate surface area is 85.5 Å². The summed E-state index contributed by atoms with van der Waals surface area (Å²) in [4.78, 5) is 24.3. The van der Waals surface area contributed by atoms with Crippen LogP contribution in [0, 0.1) is 0 Å². The second-order valence-electron chi connectivity index (χ2n) is 3.27. The number of rotatable bonds is 3. The number of benzene rings is 1. The number of H-pyrrole nitrogens is 1. The number of hydrogen-bond acceptors (Lipinski definition) is 2. The summed E-state index contributed by atoms with van der Waals surface area (Å²) in [5.41, 5.74) is 1.95. The van der Waals surface area contributed by atoms with Gasteiger partial charge in [-0.15, -0.1) is 0 Å². The minimum Gasteiger partial charge on any atom is -0.481 e. The van der Waals surface area contributed by atoms with E-state index >= 15 is 0 Å². The van der Waals surface area contributed by atoms with Crippen molar-refractivity contribution in [1.82, 2.24) is 4.98 Å². The summed E-state index contributed by atoms with van der Waals surface area (Å²) in [5.74, 6) is -0.906. The maximum absolute atomic E-state index is 10.8. The Bertz CT molecular complexity index is 528. The Morgan fingerprint density at radius 1 is 1.47 bits per heavy atom. The molecule has 1 heterocycles. The van der Waals surface area contributed by atoms with Gasteiger partial charge >= 0.3 is 5.97 Å². The molecule has 4 heteroatoms. The third kappa shape index (κ3) is 1.61. The van der Waals surface area contributed by atoms with E-state index in [0.717, 1.165) is 11.8 Å². The number of nitrogens with one attached hydrogen (secondary N) is 1. The summed E-state index contributed by atoms with van der Waals surface area (Å²) in [6.07, 6.45) is 2.29. The Morgan fingerprint density at radius 2 is 2.27 bits per heavy atom. The fourth-order valence-electron chi connectivity index (χ4n) is 1.69. The highest BCUT2D eigenvalue weighted by molar-refractivity contribution is 6.00. The highest BCUT2D eigenvalue weighted by atomic mass is 16.4. The number of carbonyl (C=O) groups excluding carboxylic acids is 1. The number of carboxylic acids is 1. The molecule has 0 aliphatic rings. The van der Waals surface area contributed by atoms with E-state index in [4.69, 9.17) is 5.11 Å². The molecule has 2 aromatic rings. The van der Waals surface area contributed by atoms with E-state index in [2.05, 4.69) is 4.98 Å². The lowest BCUT2D eigenvalue weighted by molar-refractivity contribution is -0.136. The molecule has 0 saturated heterocycles. The van der Waals surface area contributed by atoms with Crippen LogP contribution in [0.3, 0.4) is 0 Å². The molecule has 1 aromatic heterocycles. The van der Waals surface area contributed by atoms with E-state index in [0.29, 0.717) is 16.5 Å². The van der Waals surface area contributed by atoms with Crippen molar-refractivity contribution < 1.29 is 14.7 Å². The number of hydrogen-bond donors (Lipinski definition) is 2. The molecule has 0 bridgehead atoms. The number of aromatic nitrogens is 1. The number of aldehydes is 1. The molecule has 2 N–H and O–H groups in total. The molecule has 0 aliphatic heterocycles. The molecular formula is C11H9NO3. The summed E-state index contributed by atoms with van der Waals surface area (Å²) in [6, 6.07) is 5.25. The molecule has 4 nitrogen and oxygen atoms in total. The molecule has 0 saturated carbocycles. The molecule has 0 amide bonds. The minimum atomic E-state index is -0.906. The maximum Gasteiger partial charge on any atom is 0.307 e. The average Bonchev–Trinajstić information content (AvgIpc) is 2.61. The first-order valence-corrected chi connectivity index (χ1v) is 4.48. The van der Waals surface area contributed by atoms with Gasteiger partial charge in [0, 0.05) is 22.7 Å². The number of aromatic amines is 1. The van der Waals surface area contributed by atoms with Crippen molar-refractivity contribution in [2.24, 2.45) is 0 Å². The third-order valence-electron chi connectivity index (χ3n) is 2.29. The van der Waals surface area contributed by atoms with Gasteiger partial charge in [-0.05, 0) is 11.6 Å². The number of fused-ring (bicyclic) bond motifs is 1. The van der Waals surface area contributed by atoms with Crippen molar-refractivity contribution in [3.63, 3.8) is 0 Å². The lowest BCUT2D eigenvalue weighted by Crippen LogP contribution is -1.99. The van der Waals surface area contributed by atoms with Gasteiger partial charge < -0.3 is 10.1 Å². The van der Waals surface area contributed by atoms with Gasteiger partial charge in [0.05, 0.1) is 6.42 Å². The van der Waals surface area contributed by atoms with Gasteiger partial charge in [-0.25, -0.2) is 0 Å². The van der Waals surface area contributed by atoms with Gasteiger partial charge in [0.1, 0.15) is 0 Å². The summed E-state index contributed by atoms with van der Waals surface area (Å²) >= 11 is 0. The van der Waals surface area contributed by atoms with Crippen LogP contribution in [0.1, 0.15) is 15.9 Å². The zero-order chi connectivity index (χ0) is 10.8. The standard InChI is InChI=1S/C11H9NO3/c13-6-7-2-1-3-9-11(7)8(5-12-9)4-10(14)15/h1-3,5-6,12H,4H2,(H,14,15). The zero-order valence-electron chi connectivity index (χ0n) is 7.86. The second-order valence-corrected chi connectivity index (χ2v) is 3.27. The highest BCUT2D eigenvalue weighted by Crippen LogP contribution is 2.21. The summed E-state index contributed by atoms with van der Waals surface area (Å²) in [6.45, 7) is 0. The van der Waals surface area contributed by atoms with Gasteiger partial charge in [-0.1, -0.05) is 12.1 Å². The Hall–Kier alpha value is -2.10. The molecule has 0 spiro atoms. The Morgan fingerprint density at radius 3 is 2.93 bits per heavy atom. The normalized spacial score (nSPS) is 10.4. The number of aliphatic carboxylic acids is 1. The van der Waals surface area contributed by atoms with E-state index in [-0.39, 0.29) is 6.42 Å². The molecule has 2 rings (SSSR count). The Balaban J connectivity index is 2.65. The largest absolute Gasteiger partial charge is 0.481 e. The molecule has 76 valence electrons. The van der Waals surface area contributed by atoms with Crippen molar-refractivity contribution in [2.45, 2.75) is 6.42 Å². The first-order chi connectivity index (χ1) is 7.22. The van der Waals surface area contributed by atoms with E-state index < -0.39 is 5.97 Å². The van der Waals surface area contributed by atoms with Crippen LogP contribution in [0.4, 0.5) is 0 Å². The first-order valence-electron chi connectivity index (χ1n) is 4.48. The van der Waals surface area contributed by atoms with Crippen LogP contribution >= 0.6 is 0 Å². The van der Waals surface area contributed by atoms with Crippen LogP contribution in [-0.2, 0) is 11.2 Å². The van der Waals surface area contributed by atoms with Crippen molar-refractivity contribution >= 4 is 23.2 Å². The lowest BCUT2D eigenvalue weighted by atomic mass is 10.1. The minimum absolute atomic E-state index is 0.0785. The summed E-state index contributed by atoms with van der Waals surface area (Å²) in [7, 11) is 0. The molecule has 1 aromatic carbocycles. The van der Waals surface area contributed by atoms with E-state index in [1.54, 1.807) is 18.3 Å². The van der Waals surface area contributed by atoms with Crippen LogP contribution in [0.5, 0.6) is 0 Å². The monoisotopic (exact) mass is 203 g/mol. The lowest BCUT2D eigenvalue weighted by Gasteiger charge is -1.97. The van der Waals surface area contributed by atoms with Crippen molar-refractivity contribution in [3.8, 4) is 0 Å². The molecule has 0 fully saturated rings. The van der Waals surface area contributed by atoms with Crippen LogP contribution in [0.15, 0.2) is 24.4 Å². The summed E-state index contributed by atoms with van der Waals surface area (Å²) in [5, 5.41) is 9.41. The van der Waals surface area contributed by atoms with Crippen LogP contribution < -0.4 is 0 Å². The van der Waals surface area contributed by atoms with E-state index in [1.807, 2.05) is 6.07 Å². The first kappa shape index (κ1) is 9.45. The van der Waals surface area contributed by atoms with Gasteiger partial charge in [-0.2, -0.15) is 0 Å². The van der Waals surface area contributed by atoms with Gasteiger partial charge in [-0.3, -0.25) is 9.59 Å². The van der Waals surface area contributed by atoms with Crippen LogP contribution in [-0.4, -0.2) is 22.3 Å². The van der Waals surface area contributed by atoms with Crippen LogP contribution in [0.25, 0.3) is 10.9 Å². The van der Waals surface area contributed by atoms with Gasteiger partial charge in [0.15, 0.2) is 6.29 Å². The summed E-state index contributed by atoms with van der Waals surface area (Å²) < 4.78 is 0. The fourth-order valence-corrected chi connectivity index (χ4v) is 1.69. The average molecular weight is 203 g/mol. The topological polar surface area (TPSA) is 70.2 Å². The molecule has 0 atom stereocenters. The smallest absolute Gasteiger partial charge is 0.307 e. The van der Waals surface area contributed by atoms with E-state index in [1.165, 1.54) is 0 Å². The fraction of sp³-hybridized carbons (Fsp3) is 0.0909. The molecule has 0 unspecified atom stereocenters. The van der Waals surface area contributed by atoms with E-state index in [9.17, 15) is 9.59 Å². The predicted molar refractivity (Wildman–Crippen MR) is 55.0 cm³/mol. The number of carboxylic acid groups (broad SMARTS) is 1. The maximum atomic E-state index is 10.8. The quantitative estimate of drug-likeness (QED) is 0.744.